The van der Waals surface area contributed by atoms with Crippen molar-refractivity contribution in [1.82, 2.24) is 0 Å². The molecule has 0 saturated carbocycles. The standard InChI is InChI=1S/C11H12N2/c1-2-9-5-3-4-6-10(9)11(13)7-8-12/h3-6,13H,2,7H2,1H3. The van der Waals surface area contributed by atoms with Crippen LogP contribution in [0.3, 0.4) is 0 Å². The zero-order chi connectivity index (χ0) is 9.68. The summed E-state index contributed by atoms with van der Waals surface area (Å²) in [6, 6.07) is 9.76. The Bertz CT molecular complexity index is 347. The molecule has 66 valence electrons. The molecule has 0 unspecified atom stereocenters. The van der Waals surface area contributed by atoms with Gasteiger partial charge in [-0.15, -0.1) is 0 Å². The van der Waals surface area contributed by atoms with Crippen LogP contribution in [0.2, 0.25) is 0 Å². The second kappa shape index (κ2) is 4.42. The molecule has 13 heavy (non-hydrogen) atoms. The van der Waals surface area contributed by atoms with E-state index in [1.54, 1.807) is 0 Å². The maximum absolute atomic E-state index is 8.47. The van der Waals surface area contributed by atoms with E-state index in [-0.39, 0.29) is 6.42 Å². The highest BCUT2D eigenvalue weighted by Gasteiger charge is 2.04. The first-order chi connectivity index (χ1) is 6.29. The fourth-order valence-electron chi connectivity index (χ4n) is 1.30. The number of nitriles is 1. The van der Waals surface area contributed by atoms with Crippen molar-refractivity contribution in [3.63, 3.8) is 0 Å². The van der Waals surface area contributed by atoms with Crippen molar-refractivity contribution in [3.05, 3.63) is 35.4 Å². The Balaban J connectivity index is 3.00. The van der Waals surface area contributed by atoms with E-state index in [9.17, 15) is 0 Å². The van der Waals surface area contributed by atoms with Crippen molar-refractivity contribution in [1.29, 1.82) is 10.7 Å². The minimum absolute atomic E-state index is 0.191. The van der Waals surface area contributed by atoms with E-state index in [0.29, 0.717) is 5.71 Å². The van der Waals surface area contributed by atoms with Crippen LogP contribution in [0.25, 0.3) is 0 Å². The van der Waals surface area contributed by atoms with Crippen LogP contribution >= 0.6 is 0 Å². The van der Waals surface area contributed by atoms with Crippen molar-refractivity contribution in [2.75, 3.05) is 0 Å². The Hall–Kier alpha value is -1.62. The van der Waals surface area contributed by atoms with Gasteiger partial charge < -0.3 is 5.41 Å². The summed E-state index contributed by atoms with van der Waals surface area (Å²) >= 11 is 0. The van der Waals surface area contributed by atoms with Crippen molar-refractivity contribution in [2.24, 2.45) is 0 Å². The van der Waals surface area contributed by atoms with Gasteiger partial charge in [0, 0.05) is 0 Å². The van der Waals surface area contributed by atoms with Gasteiger partial charge in [0.25, 0.3) is 0 Å². The molecule has 0 aromatic heterocycles. The van der Waals surface area contributed by atoms with Gasteiger partial charge in [0.15, 0.2) is 0 Å². The SMILES string of the molecule is CCc1ccccc1C(=N)CC#N. The van der Waals surface area contributed by atoms with E-state index in [2.05, 4.69) is 6.92 Å². The van der Waals surface area contributed by atoms with Crippen molar-refractivity contribution >= 4 is 5.71 Å². The van der Waals surface area contributed by atoms with Crippen molar-refractivity contribution in [3.8, 4) is 6.07 Å². The number of benzene rings is 1. The van der Waals surface area contributed by atoms with Gasteiger partial charge in [-0.1, -0.05) is 31.2 Å². The number of hydrogen-bond acceptors (Lipinski definition) is 2. The number of hydrogen-bond donors (Lipinski definition) is 1. The molecule has 0 heterocycles. The molecule has 0 bridgehead atoms. The first kappa shape index (κ1) is 9.47. The highest BCUT2D eigenvalue weighted by Crippen LogP contribution is 2.11. The Kier molecular flexibility index (Phi) is 3.22. The van der Waals surface area contributed by atoms with Gasteiger partial charge in [0.05, 0.1) is 18.2 Å². The van der Waals surface area contributed by atoms with Gasteiger partial charge in [-0.05, 0) is 17.5 Å². The molecule has 0 amide bonds. The summed E-state index contributed by atoms with van der Waals surface area (Å²) in [5.41, 5.74) is 2.47. The van der Waals surface area contributed by atoms with E-state index in [4.69, 9.17) is 10.7 Å². The monoisotopic (exact) mass is 172 g/mol. The predicted molar refractivity (Wildman–Crippen MR) is 52.9 cm³/mol. The Morgan fingerprint density at radius 3 is 2.77 bits per heavy atom. The molecule has 0 atom stereocenters. The lowest BCUT2D eigenvalue weighted by Crippen LogP contribution is -2.01. The summed E-state index contributed by atoms with van der Waals surface area (Å²) in [4.78, 5) is 0. The average Bonchev–Trinajstić information content (AvgIpc) is 2.18. The average molecular weight is 172 g/mol. The van der Waals surface area contributed by atoms with E-state index in [0.717, 1.165) is 17.5 Å². The number of nitrogens with one attached hydrogen (secondary N) is 1. The molecule has 1 aromatic carbocycles. The summed E-state index contributed by atoms with van der Waals surface area (Å²) in [6.45, 7) is 2.05. The Morgan fingerprint density at radius 2 is 2.15 bits per heavy atom. The Morgan fingerprint density at radius 1 is 1.46 bits per heavy atom. The molecule has 2 nitrogen and oxygen atoms in total. The molecule has 0 aliphatic carbocycles. The lowest BCUT2D eigenvalue weighted by molar-refractivity contribution is 1.13. The van der Waals surface area contributed by atoms with Crippen LogP contribution in [-0.4, -0.2) is 5.71 Å². The number of nitrogens with zero attached hydrogens (tertiary/aromatic N) is 1. The molecule has 1 aromatic rings. The smallest absolute Gasteiger partial charge is 0.0773 e. The fraction of sp³-hybridized carbons (Fsp3) is 0.273. The minimum Gasteiger partial charge on any atom is -0.304 e. The van der Waals surface area contributed by atoms with Crippen LogP contribution in [0.5, 0.6) is 0 Å². The summed E-state index contributed by atoms with van der Waals surface area (Å²) in [7, 11) is 0. The topological polar surface area (TPSA) is 47.6 Å². The highest BCUT2D eigenvalue weighted by molar-refractivity contribution is 6.00. The van der Waals surface area contributed by atoms with Crippen molar-refractivity contribution in [2.45, 2.75) is 19.8 Å². The molecule has 1 rings (SSSR count). The first-order valence-electron chi connectivity index (χ1n) is 4.32. The number of rotatable bonds is 3. The normalized spacial score (nSPS) is 9.23. The van der Waals surface area contributed by atoms with Gasteiger partial charge >= 0.3 is 0 Å². The zero-order valence-corrected chi connectivity index (χ0v) is 7.67. The number of aryl methyl sites for hydroxylation is 1. The van der Waals surface area contributed by atoms with E-state index in [1.807, 2.05) is 30.3 Å². The molecule has 0 fully saturated rings. The fourth-order valence-corrected chi connectivity index (χ4v) is 1.30. The summed E-state index contributed by atoms with van der Waals surface area (Å²) in [5.74, 6) is 0. The maximum atomic E-state index is 8.47. The third-order valence-electron chi connectivity index (χ3n) is 1.98. The van der Waals surface area contributed by atoms with Crippen LogP contribution in [0.1, 0.15) is 24.5 Å². The highest BCUT2D eigenvalue weighted by atomic mass is 14.4. The van der Waals surface area contributed by atoms with Crippen LogP contribution in [0.15, 0.2) is 24.3 Å². The summed E-state index contributed by atoms with van der Waals surface area (Å²) in [5, 5.41) is 16.1. The molecule has 0 spiro atoms. The van der Waals surface area contributed by atoms with Crippen LogP contribution < -0.4 is 0 Å². The molecule has 0 radical (unpaired) electrons. The molecule has 0 saturated heterocycles. The van der Waals surface area contributed by atoms with Gasteiger partial charge in [-0.3, -0.25) is 0 Å². The van der Waals surface area contributed by atoms with Gasteiger partial charge in [0.2, 0.25) is 0 Å². The minimum atomic E-state index is 0.191. The van der Waals surface area contributed by atoms with Gasteiger partial charge in [0.1, 0.15) is 0 Å². The third-order valence-corrected chi connectivity index (χ3v) is 1.98. The lowest BCUT2D eigenvalue weighted by Gasteiger charge is -2.05. The van der Waals surface area contributed by atoms with E-state index >= 15 is 0 Å². The second-order valence-corrected chi connectivity index (χ2v) is 2.82. The predicted octanol–water partition coefficient (Wildman–Crippen LogP) is 2.53. The van der Waals surface area contributed by atoms with Crippen LogP contribution in [0.4, 0.5) is 0 Å². The van der Waals surface area contributed by atoms with E-state index < -0.39 is 0 Å². The molecular weight excluding hydrogens is 160 g/mol. The lowest BCUT2D eigenvalue weighted by atomic mass is 10.00. The van der Waals surface area contributed by atoms with Crippen LogP contribution in [0, 0.1) is 16.7 Å². The van der Waals surface area contributed by atoms with Crippen LogP contribution in [-0.2, 0) is 6.42 Å². The third kappa shape index (κ3) is 2.16. The quantitative estimate of drug-likeness (QED) is 0.700. The first-order valence-corrected chi connectivity index (χ1v) is 4.32. The summed E-state index contributed by atoms with van der Waals surface area (Å²) < 4.78 is 0. The molecule has 0 aliphatic heterocycles. The molecule has 2 heteroatoms. The molecular formula is C11H12N2. The van der Waals surface area contributed by atoms with Gasteiger partial charge in [-0.25, -0.2) is 0 Å². The van der Waals surface area contributed by atoms with Crippen molar-refractivity contribution < 1.29 is 0 Å². The van der Waals surface area contributed by atoms with Gasteiger partial charge in [-0.2, -0.15) is 5.26 Å². The maximum Gasteiger partial charge on any atom is 0.0773 e. The second-order valence-electron chi connectivity index (χ2n) is 2.82. The summed E-state index contributed by atoms with van der Waals surface area (Å²) in [6.07, 6.45) is 1.10. The Labute approximate surface area is 78.3 Å². The molecule has 0 aliphatic rings. The zero-order valence-electron chi connectivity index (χ0n) is 7.67. The van der Waals surface area contributed by atoms with E-state index in [1.165, 1.54) is 0 Å². The largest absolute Gasteiger partial charge is 0.304 e. The molecule has 1 N–H and O–H groups in total.